The molecule has 0 aliphatic rings. The van der Waals surface area contributed by atoms with Crippen LogP contribution < -0.4 is 5.32 Å². The van der Waals surface area contributed by atoms with E-state index in [4.69, 9.17) is 0 Å². The van der Waals surface area contributed by atoms with E-state index < -0.39 is 0 Å². The summed E-state index contributed by atoms with van der Waals surface area (Å²) in [6, 6.07) is 0.469. The van der Waals surface area contributed by atoms with Crippen LogP contribution in [0.2, 0.25) is 0 Å². The molecule has 4 heteroatoms. The third kappa shape index (κ3) is 4.85. The molecule has 1 unspecified atom stereocenters. The van der Waals surface area contributed by atoms with Crippen LogP contribution >= 0.6 is 0 Å². The minimum atomic E-state index is 0.469. The predicted molar refractivity (Wildman–Crippen MR) is 61.5 cm³/mol. The van der Waals surface area contributed by atoms with Crippen molar-refractivity contribution in [3.63, 3.8) is 0 Å². The zero-order chi connectivity index (χ0) is 11.1. The molecule has 1 heterocycles. The first kappa shape index (κ1) is 12.1. The maximum atomic E-state index is 4.21. The van der Waals surface area contributed by atoms with Crippen LogP contribution in [0, 0.1) is 0 Å². The summed E-state index contributed by atoms with van der Waals surface area (Å²) >= 11 is 0. The number of likely N-dealkylation sites (N-methyl/N-ethyl adjacent to an activating group) is 1. The normalized spacial score (nSPS) is 13.1. The van der Waals surface area contributed by atoms with Gasteiger partial charge in [0.1, 0.15) is 0 Å². The number of nitrogens with zero attached hydrogens (tertiary/aromatic N) is 3. The maximum absolute atomic E-state index is 4.21. The lowest BCUT2D eigenvalue weighted by atomic mass is 10.3. The monoisotopic (exact) mass is 208 g/mol. The van der Waals surface area contributed by atoms with Gasteiger partial charge in [-0.2, -0.15) is 0 Å². The van der Waals surface area contributed by atoms with E-state index in [0.29, 0.717) is 6.04 Å². The van der Waals surface area contributed by atoms with Crippen LogP contribution in [0.3, 0.4) is 0 Å². The second-order valence-corrected chi connectivity index (χ2v) is 3.83. The van der Waals surface area contributed by atoms with Gasteiger partial charge in [-0.25, -0.2) is 0 Å². The smallest absolute Gasteiger partial charge is 0.0724 e. The topological polar surface area (TPSA) is 41.0 Å². The van der Waals surface area contributed by atoms with Crippen molar-refractivity contribution in [2.75, 3.05) is 20.1 Å². The van der Waals surface area contributed by atoms with Crippen molar-refractivity contribution in [1.29, 1.82) is 0 Å². The number of aromatic nitrogens is 2. The van der Waals surface area contributed by atoms with Crippen molar-refractivity contribution in [2.24, 2.45) is 0 Å². The molecule has 15 heavy (non-hydrogen) atoms. The summed E-state index contributed by atoms with van der Waals surface area (Å²) in [6.45, 7) is 7.26. The van der Waals surface area contributed by atoms with Crippen LogP contribution in [0.25, 0.3) is 0 Å². The van der Waals surface area contributed by atoms with Gasteiger partial charge in [-0.1, -0.05) is 6.92 Å². The predicted octanol–water partition coefficient (Wildman–Crippen LogP) is 0.906. The Morgan fingerprint density at radius 3 is 2.87 bits per heavy atom. The van der Waals surface area contributed by atoms with Gasteiger partial charge in [0.15, 0.2) is 0 Å². The van der Waals surface area contributed by atoms with Gasteiger partial charge in [-0.05, 0) is 20.5 Å². The third-order valence-corrected chi connectivity index (χ3v) is 2.37. The van der Waals surface area contributed by atoms with Gasteiger partial charge in [-0.15, -0.1) is 0 Å². The summed E-state index contributed by atoms with van der Waals surface area (Å²) in [5, 5.41) is 3.42. The van der Waals surface area contributed by atoms with E-state index in [1.54, 1.807) is 18.6 Å². The Morgan fingerprint density at radius 1 is 1.47 bits per heavy atom. The van der Waals surface area contributed by atoms with E-state index in [2.05, 4.69) is 41.1 Å². The first-order valence-electron chi connectivity index (χ1n) is 5.39. The molecule has 0 aliphatic carbocycles. The average molecular weight is 208 g/mol. The average Bonchev–Trinajstić information content (AvgIpc) is 2.27. The fraction of sp³-hybridized carbons (Fsp3) is 0.636. The van der Waals surface area contributed by atoms with Gasteiger partial charge < -0.3 is 10.2 Å². The molecule has 0 fully saturated rings. The van der Waals surface area contributed by atoms with Crippen LogP contribution in [0.15, 0.2) is 18.6 Å². The molecule has 1 atom stereocenters. The molecular weight excluding hydrogens is 188 g/mol. The molecule has 1 rings (SSSR count). The van der Waals surface area contributed by atoms with E-state index in [1.807, 2.05) is 0 Å². The number of hydrogen-bond donors (Lipinski definition) is 1. The standard InChI is InChI=1S/C11H20N4/c1-4-15(3)9-10(2)14-8-11-7-12-5-6-13-11/h5-7,10,14H,4,8-9H2,1-3H3. The lowest BCUT2D eigenvalue weighted by Crippen LogP contribution is -2.37. The molecule has 0 spiro atoms. The summed E-state index contributed by atoms with van der Waals surface area (Å²) in [5.74, 6) is 0. The second kappa shape index (κ2) is 6.48. The van der Waals surface area contributed by atoms with Crippen LogP contribution in [0.4, 0.5) is 0 Å². The van der Waals surface area contributed by atoms with Crippen molar-refractivity contribution in [3.8, 4) is 0 Å². The fourth-order valence-corrected chi connectivity index (χ4v) is 1.36. The Kier molecular flexibility index (Phi) is 5.21. The minimum Gasteiger partial charge on any atom is -0.307 e. The van der Waals surface area contributed by atoms with Gasteiger partial charge in [0.25, 0.3) is 0 Å². The molecule has 0 bridgehead atoms. The van der Waals surface area contributed by atoms with Crippen LogP contribution in [0.5, 0.6) is 0 Å². The van der Waals surface area contributed by atoms with Crippen molar-refractivity contribution in [2.45, 2.75) is 26.4 Å². The molecule has 0 aliphatic heterocycles. The molecule has 1 aromatic heterocycles. The quantitative estimate of drug-likeness (QED) is 0.754. The highest BCUT2D eigenvalue weighted by molar-refractivity contribution is 4.94. The lowest BCUT2D eigenvalue weighted by Gasteiger charge is -2.20. The molecule has 0 aromatic carbocycles. The van der Waals surface area contributed by atoms with Gasteiger partial charge >= 0.3 is 0 Å². The van der Waals surface area contributed by atoms with Crippen LogP contribution in [-0.2, 0) is 6.54 Å². The number of rotatable bonds is 6. The highest BCUT2D eigenvalue weighted by Gasteiger charge is 2.04. The molecule has 4 nitrogen and oxygen atoms in total. The summed E-state index contributed by atoms with van der Waals surface area (Å²) < 4.78 is 0. The molecule has 0 saturated heterocycles. The van der Waals surface area contributed by atoms with Crippen molar-refractivity contribution < 1.29 is 0 Å². The second-order valence-electron chi connectivity index (χ2n) is 3.83. The van der Waals surface area contributed by atoms with Gasteiger partial charge in [0.2, 0.25) is 0 Å². The molecule has 0 amide bonds. The summed E-state index contributed by atoms with van der Waals surface area (Å²) in [7, 11) is 2.13. The van der Waals surface area contributed by atoms with E-state index in [0.717, 1.165) is 25.3 Å². The Labute approximate surface area is 91.7 Å². The minimum absolute atomic E-state index is 0.469. The maximum Gasteiger partial charge on any atom is 0.0724 e. The van der Waals surface area contributed by atoms with Crippen molar-refractivity contribution in [1.82, 2.24) is 20.2 Å². The Balaban J connectivity index is 2.25. The van der Waals surface area contributed by atoms with E-state index in [-0.39, 0.29) is 0 Å². The lowest BCUT2D eigenvalue weighted by molar-refractivity contribution is 0.309. The fourth-order valence-electron chi connectivity index (χ4n) is 1.36. The molecule has 1 N–H and O–H groups in total. The molecule has 0 radical (unpaired) electrons. The van der Waals surface area contributed by atoms with Gasteiger partial charge in [0, 0.05) is 37.7 Å². The van der Waals surface area contributed by atoms with E-state index >= 15 is 0 Å². The molecular formula is C11H20N4. The molecule has 1 aromatic rings. The van der Waals surface area contributed by atoms with E-state index in [1.165, 1.54) is 0 Å². The summed E-state index contributed by atoms with van der Waals surface area (Å²) in [6.07, 6.45) is 5.21. The number of hydrogen-bond acceptors (Lipinski definition) is 4. The van der Waals surface area contributed by atoms with Gasteiger partial charge in [-0.3, -0.25) is 9.97 Å². The summed E-state index contributed by atoms with van der Waals surface area (Å²) in [4.78, 5) is 10.5. The Morgan fingerprint density at radius 2 is 2.27 bits per heavy atom. The van der Waals surface area contributed by atoms with Gasteiger partial charge in [0.05, 0.1) is 5.69 Å². The van der Waals surface area contributed by atoms with Crippen LogP contribution in [0.1, 0.15) is 19.5 Å². The first-order valence-corrected chi connectivity index (χ1v) is 5.39. The number of nitrogens with one attached hydrogen (secondary N) is 1. The first-order chi connectivity index (χ1) is 7.22. The molecule has 84 valence electrons. The third-order valence-electron chi connectivity index (χ3n) is 2.37. The summed E-state index contributed by atoms with van der Waals surface area (Å²) in [5.41, 5.74) is 0.989. The molecule has 0 saturated carbocycles. The highest BCUT2D eigenvalue weighted by atomic mass is 15.1. The zero-order valence-corrected chi connectivity index (χ0v) is 9.77. The highest BCUT2D eigenvalue weighted by Crippen LogP contribution is 1.93. The van der Waals surface area contributed by atoms with Crippen molar-refractivity contribution >= 4 is 0 Å². The Bertz CT molecular complexity index is 263. The Hall–Kier alpha value is -1.00. The largest absolute Gasteiger partial charge is 0.307 e. The van der Waals surface area contributed by atoms with E-state index in [9.17, 15) is 0 Å². The SMILES string of the molecule is CCN(C)CC(C)NCc1cnccn1. The van der Waals surface area contributed by atoms with Crippen LogP contribution in [-0.4, -0.2) is 41.0 Å². The van der Waals surface area contributed by atoms with Crippen molar-refractivity contribution in [3.05, 3.63) is 24.3 Å². The zero-order valence-electron chi connectivity index (χ0n) is 9.77.